The second-order valence-electron chi connectivity index (χ2n) is 5.23. The number of hydrogen-bond acceptors (Lipinski definition) is 5. The van der Waals surface area contributed by atoms with Gasteiger partial charge in [-0.25, -0.2) is 4.98 Å². The molecule has 0 atom stereocenters. The van der Waals surface area contributed by atoms with Crippen LogP contribution < -0.4 is 5.06 Å². The van der Waals surface area contributed by atoms with Crippen LogP contribution in [0.1, 0.15) is 5.56 Å². The van der Waals surface area contributed by atoms with Gasteiger partial charge in [0.2, 0.25) is 0 Å². The zero-order chi connectivity index (χ0) is 16.6. The Bertz CT molecular complexity index is 937. The first-order chi connectivity index (χ1) is 11.0. The van der Waals surface area contributed by atoms with E-state index in [1.54, 1.807) is 12.1 Å². The number of nitro benzene ring substituents is 1. The van der Waals surface area contributed by atoms with Crippen molar-refractivity contribution in [3.05, 3.63) is 64.7 Å². The predicted molar refractivity (Wildman–Crippen MR) is 90.0 cm³/mol. The summed E-state index contributed by atoms with van der Waals surface area (Å²) in [6.07, 6.45) is 1.53. The number of hydrogen-bond donors (Lipinski definition) is 1. The zero-order valence-corrected chi connectivity index (χ0v) is 12.6. The molecule has 0 aliphatic heterocycles. The largest absolute Gasteiger partial charge is 0.288 e. The number of fused-ring (bicyclic) bond motifs is 2. The first kappa shape index (κ1) is 14.9. The summed E-state index contributed by atoms with van der Waals surface area (Å²) in [5.74, 6) is 0. The van der Waals surface area contributed by atoms with Crippen molar-refractivity contribution in [3.8, 4) is 0 Å². The van der Waals surface area contributed by atoms with Crippen LogP contribution in [0.5, 0.6) is 0 Å². The minimum atomic E-state index is -0.455. The average Bonchev–Trinajstić information content (AvgIpc) is 2.53. The normalized spacial score (nSPS) is 10.9. The van der Waals surface area contributed by atoms with Crippen molar-refractivity contribution in [2.24, 2.45) is 0 Å². The summed E-state index contributed by atoms with van der Waals surface area (Å²) in [6.45, 7) is 5.60. The molecule has 0 bridgehead atoms. The van der Waals surface area contributed by atoms with E-state index in [0.717, 1.165) is 10.6 Å². The Morgan fingerprint density at radius 2 is 2.09 bits per heavy atom. The highest BCUT2D eigenvalue weighted by Crippen LogP contribution is 2.39. The quantitative estimate of drug-likeness (QED) is 0.341. The van der Waals surface area contributed by atoms with Crippen LogP contribution in [0.15, 0.2) is 49.1 Å². The van der Waals surface area contributed by atoms with Crippen LogP contribution in [0.2, 0.25) is 0 Å². The van der Waals surface area contributed by atoms with Gasteiger partial charge in [-0.1, -0.05) is 30.3 Å². The monoisotopic (exact) mass is 309 g/mol. The third-order valence-corrected chi connectivity index (χ3v) is 3.74. The Morgan fingerprint density at radius 3 is 2.78 bits per heavy atom. The number of rotatable bonds is 4. The van der Waals surface area contributed by atoms with E-state index < -0.39 is 4.92 Å². The highest BCUT2D eigenvalue weighted by atomic mass is 16.6. The van der Waals surface area contributed by atoms with E-state index in [0.29, 0.717) is 27.5 Å². The number of benzene rings is 2. The molecular weight excluding hydrogens is 294 g/mol. The molecule has 0 saturated carbocycles. The maximum Gasteiger partial charge on any atom is 0.281 e. The lowest BCUT2D eigenvalue weighted by Crippen LogP contribution is -2.19. The highest BCUT2D eigenvalue weighted by Gasteiger charge is 2.23. The second kappa shape index (κ2) is 5.66. The SMILES string of the molecule is C=CCN(O)c1c2ccccc2nc2c(C)ccc([N+](=O)[O-])c12. The summed E-state index contributed by atoms with van der Waals surface area (Å²) in [5.41, 5.74) is 2.28. The van der Waals surface area contributed by atoms with Gasteiger partial charge >= 0.3 is 0 Å². The van der Waals surface area contributed by atoms with Crippen LogP contribution in [0, 0.1) is 17.0 Å². The molecule has 0 aliphatic carbocycles. The number of aromatic nitrogens is 1. The molecule has 1 aromatic heterocycles. The van der Waals surface area contributed by atoms with E-state index in [1.807, 2.05) is 25.1 Å². The van der Waals surface area contributed by atoms with Gasteiger partial charge in [0.25, 0.3) is 5.69 Å². The van der Waals surface area contributed by atoms with Gasteiger partial charge < -0.3 is 0 Å². The molecule has 1 heterocycles. The predicted octanol–water partition coefficient (Wildman–Crippen LogP) is 3.99. The third-order valence-electron chi connectivity index (χ3n) is 3.74. The standard InChI is InChI=1S/C17H15N3O3/c1-3-10-19(21)17-12-6-4-5-7-13(12)18-16-11(2)8-9-14(15(16)17)20(22)23/h3-9,21H,1,10H2,2H3. The van der Waals surface area contributed by atoms with Crippen molar-refractivity contribution in [1.29, 1.82) is 0 Å². The highest BCUT2D eigenvalue weighted by molar-refractivity contribution is 6.12. The number of hydroxylamine groups is 1. The molecule has 0 spiro atoms. The van der Waals surface area contributed by atoms with Crippen LogP contribution in [0.3, 0.4) is 0 Å². The van der Waals surface area contributed by atoms with E-state index in [9.17, 15) is 15.3 Å². The van der Waals surface area contributed by atoms with Gasteiger partial charge in [0, 0.05) is 11.5 Å². The number of non-ortho nitro benzene ring substituents is 1. The molecule has 116 valence electrons. The second-order valence-corrected chi connectivity index (χ2v) is 5.23. The molecule has 0 unspecified atom stereocenters. The Balaban J connectivity index is 2.56. The Hall–Kier alpha value is -2.99. The summed E-state index contributed by atoms with van der Waals surface area (Å²) >= 11 is 0. The molecule has 3 aromatic rings. The number of aryl methyl sites for hydroxylation is 1. The van der Waals surface area contributed by atoms with Gasteiger partial charge in [0.15, 0.2) is 0 Å². The van der Waals surface area contributed by atoms with Gasteiger partial charge in [-0.2, -0.15) is 0 Å². The minimum Gasteiger partial charge on any atom is -0.288 e. The number of pyridine rings is 1. The van der Waals surface area contributed by atoms with Crippen LogP contribution in [-0.2, 0) is 0 Å². The number of para-hydroxylation sites is 1. The minimum absolute atomic E-state index is 0.0815. The molecule has 6 nitrogen and oxygen atoms in total. The molecule has 1 N–H and O–H groups in total. The first-order valence-electron chi connectivity index (χ1n) is 7.08. The zero-order valence-electron chi connectivity index (χ0n) is 12.6. The van der Waals surface area contributed by atoms with Gasteiger partial charge in [-0.15, -0.1) is 6.58 Å². The van der Waals surface area contributed by atoms with E-state index in [-0.39, 0.29) is 12.2 Å². The molecule has 0 radical (unpaired) electrons. The Morgan fingerprint density at radius 1 is 1.35 bits per heavy atom. The van der Waals surface area contributed by atoms with Crippen LogP contribution in [0.25, 0.3) is 21.8 Å². The summed E-state index contributed by atoms with van der Waals surface area (Å²) in [7, 11) is 0. The molecule has 0 saturated heterocycles. The number of nitro groups is 1. The van der Waals surface area contributed by atoms with E-state index >= 15 is 0 Å². The molecule has 0 aliphatic rings. The van der Waals surface area contributed by atoms with Gasteiger partial charge in [-0.3, -0.25) is 20.4 Å². The van der Waals surface area contributed by atoms with Crippen molar-refractivity contribution < 1.29 is 10.1 Å². The summed E-state index contributed by atoms with van der Waals surface area (Å²) < 4.78 is 0. The smallest absolute Gasteiger partial charge is 0.281 e. The lowest BCUT2D eigenvalue weighted by Gasteiger charge is -2.20. The summed E-state index contributed by atoms with van der Waals surface area (Å²) in [5, 5.41) is 23.8. The van der Waals surface area contributed by atoms with Crippen molar-refractivity contribution in [3.63, 3.8) is 0 Å². The van der Waals surface area contributed by atoms with E-state index in [1.165, 1.54) is 12.1 Å². The van der Waals surface area contributed by atoms with E-state index in [2.05, 4.69) is 11.6 Å². The third kappa shape index (κ3) is 2.39. The molecule has 2 aromatic carbocycles. The topological polar surface area (TPSA) is 79.5 Å². The van der Waals surface area contributed by atoms with E-state index in [4.69, 9.17) is 0 Å². The van der Waals surface area contributed by atoms with Crippen molar-refractivity contribution in [1.82, 2.24) is 4.98 Å². The average molecular weight is 309 g/mol. The van der Waals surface area contributed by atoms with Crippen molar-refractivity contribution >= 4 is 33.2 Å². The summed E-state index contributed by atoms with van der Waals surface area (Å²) in [6, 6.07) is 10.4. The van der Waals surface area contributed by atoms with Crippen LogP contribution >= 0.6 is 0 Å². The van der Waals surface area contributed by atoms with Gasteiger partial charge in [0.05, 0.1) is 28.2 Å². The molecular formula is C17H15N3O3. The molecule has 0 amide bonds. The maximum atomic E-state index is 11.5. The Labute approximate surface area is 132 Å². The fourth-order valence-corrected chi connectivity index (χ4v) is 2.72. The first-order valence-corrected chi connectivity index (χ1v) is 7.08. The van der Waals surface area contributed by atoms with Crippen LogP contribution in [-0.4, -0.2) is 21.7 Å². The lowest BCUT2D eigenvalue weighted by atomic mass is 10.0. The maximum absolute atomic E-state index is 11.5. The summed E-state index contributed by atoms with van der Waals surface area (Å²) in [4.78, 5) is 15.6. The fourth-order valence-electron chi connectivity index (χ4n) is 2.72. The Kier molecular flexibility index (Phi) is 3.67. The van der Waals surface area contributed by atoms with Crippen molar-refractivity contribution in [2.45, 2.75) is 6.92 Å². The number of nitrogens with zero attached hydrogens (tertiary/aromatic N) is 3. The fraction of sp³-hybridized carbons (Fsp3) is 0.118. The molecule has 6 heteroatoms. The van der Waals surface area contributed by atoms with Crippen LogP contribution in [0.4, 0.5) is 11.4 Å². The number of anilines is 1. The molecule has 23 heavy (non-hydrogen) atoms. The van der Waals surface area contributed by atoms with Crippen molar-refractivity contribution in [2.75, 3.05) is 11.6 Å². The van der Waals surface area contributed by atoms with Gasteiger partial charge in [-0.05, 0) is 18.6 Å². The molecule has 0 fully saturated rings. The lowest BCUT2D eigenvalue weighted by molar-refractivity contribution is -0.383. The molecule has 3 rings (SSSR count). The van der Waals surface area contributed by atoms with Gasteiger partial charge in [0.1, 0.15) is 5.39 Å².